The van der Waals surface area contributed by atoms with Crippen LogP contribution in [-0.2, 0) is 6.18 Å². The molecule has 1 aromatic carbocycles. The van der Waals surface area contributed by atoms with Crippen LogP contribution in [0.4, 0.5) is 13.2 Å². The Hall–Kier alpha value is -1.03. The van der Waals surface area contributed by atoms with Crippen LogP contribution in [0, 0.1) is 5.92 Å². The molecule has 1 aliphatic heterocycles. The van der Waals surface area contributed by atoms with Crippen LogP contribution in [0.1, 0.15) is 24.0 Å². The molecule has 0 bridgehead atoms. The zero-order valence-electron chi connectivity index (χ0n) is 9.01. The first-order valence-corrected chi connectivity index (χ1v) is 5.36. The number of rotatable bonds is 1. The van der Waals surface area contributed by atoms with Crippen LogP contribution in [0.15, 0.2) is 24.3 Å². The smallest absolute Gasteiger partial charge is 0.316 e. The second-order valence-corrected chi connectivity index (χ2v) is 4.37. The summed E-state index contributed by atoms with van der Waals surface area (Å²) in [5.41, 5.74) is 0.233. The van der Waals surface area contributed by atoms with Crippen LogP contribution in [0.3, 0.4) is 0 Å². The lowest BCUT2D eigenvalue weighted by atomic mass is 9.89. The maximum absolute atomic E-state index is 12.5. The first-order valence-electron chi connectivity index (χ1n) is 5.36. The number of alkyl halides is 3. The summed E-state index contributed by atoms with van der Waals surface area (Å²) in [4.78, 5) is 0. The molecule has 0 aromatic heterocycles. The zero-order chi connectivity index (χ0) is 11.8. The molecule has 1 nitrogen and oxygen atoms in total. The number of halogens is 3. The fourth-order valence-corrected chi connectivity index (χ4v) is 2.20. The van der Waals surface area contributed by atoms with Crippen LogP contribution < -0.4 is 5.32 Å². The van der Waals surface area contributed by atoms with E-state index in [0.717, 1.165) is 24.7 Å². The van der Waals surface area contributed by atoms with Gasteiger partial charge in [0.05, 0.1) is 5.56 Å². The van der Waals surface area contributed by atoms with Gasteiger partial charge in [0.2, 0.25) is 0 Å². The van der Waals surface area contributed by atoms with Gasteiger partial charge in [-0.25, -0.2) is 0 Å². The third-order valence-electron chi connectivity index (χ3n) is 3.16. The molecule has 2 rings (SSSR count). The van der Waals surface area contributed by atoms with Gasteiger partial charge in [0.25, 0.3) is 0 Å². The minimum atomic E-state index is -4.24. The highest BCUT2D eigenvalue weighted by Crippen LogP contribution is 2.33. The molecular weight excluding hydrogens is 215 g/mol. The van der Waals surface area contributed by atoms with E-state index in [0.29, 0.717) is 5.92 Å². The van der Waals surface area contributed by atoms with Gasteiger partial charge in [-0.3, -0.25) is 0 Å². The Morgan fingerprint density at radius 1 is 1.25 bits per heavy atom. The van der Waals surface area contributed by atoms with Gasteiger partial charge in [-0.1, -0.05) is 25.1 Å². The molecule has 0 aliphatic carbocycles. The topological polar surface area (TPSA) is 12.0 Å². The van der Waals surface area contributed by atoms with Crippen molar-refractivity contribution >= 4 is 0 Å². The maximum atomic E-state index is 12.5. The molecule has 1 aromatic rings. The molecule has 1 fully saturated rings. The number of nitrogens with one attached hydrogen (secondary N) is 1. The van der Waals surface area contributed by atoms with Crippen molar-refractivity contribution in [2.45, 2.75) is 19.0 Å². The molecule has 1 aliphatic rings. The molecule has 0 radical (unpaired) electrons. The predicted octanol–water partition coefficient (Wildman–Crippen LogP) is 3.03. The zero-order valence-corrected chi connectivity index (χ0v) is 9.01. The SMILES string of the molecule is C[C@@H]1CNC[C@@H]1c1cccc(C(F)(F)F)c1. The number of benzene rings is 1. The summed E-state index contributed by atoms with van der Waals surface area (Å²) in [7, 11) is 0. The minimum absolute atomic E-state index is 0.197. The van der Waals surface area contributed by atoms with Crippen molar-refractivity contribution in [1.82, 2.24) is 5.32 Å². The Labute approximate surface area is 92.7 Å². The molecular formula is C12H14F3N. The fourth-order valence-electron chi connectivity index (χ4n) is 2.20. The summed E-state index contributed by atoms with van der Waals surface area (Å²) in [6.07, 6.45) is -4.24. The fraction of sp³-hybridized carbons (Fsp3) is 0.500. The molecule has 2 atom stereocenters. The van der Waals surface area contributed by atoms with Crippen molar-refractivity contribution in [2.24, 2.45) is 5.92 Å². The summed E-state index contributed by atoms with van der Waals surface area (Å²) in [6, 6.07) is 5.66. The molecule has 4 heteroatoms. The highest BCUT2D eigenvalue weighted by atomic mass is 19.4. The van der Waals surface area contributed by atoms with Crippen LogP contribution in [-0.4, -0.2) is 13.1 Å². The average molecular weight is 229 g/mol. The third-order valence-corrected chi connectivity index (χ3v) is 3.16. The average Bonchev–Trinajstić information content (AvgIpc) is 2.63. The highest BCUT2D eigenvalue weighted by molar-refractivity contribution is 5.29. The van der Waals surface area contributed by atoms with Crippen LogP contribution >= 0.6 is 0 Å². The predicted molar refractivity (Wildman–Crippen MR) is 56.2 cm³/mol. The van der Waals surface area contributed by atoms with Crippen molar-refractivity contribution < 1.29 is 13.2 Å². The standard InChI is InChI=1S/C12H14F3N/c1-8-6-16-7-11(8)9-3-2-4-10(5-9)12(13,14)15/h2-5,8,11,16H,6-7H2,1H3/t8-,11+/m1/s1. The van der Waals surface area contributed by atoms with E-state index in [2.05, 4.69) is 12.2 Å². The molecule has 1 heterocycles. The lowest BCUT2D eigenvalue weighted by Gasteiger charge is -2.16. The monoisotopic (exact) mass is 229 g/mol. The Morgan fingerprint density at radius 3 is 2.56 bits per heavy atom. The van der Waals surface area contributed by atoms with E-state index in [1.165, 1.54) is 12.1 Å². The van der Waals surface area contributed by atoms with Crippen molar-refractivity contribution in [3.8, 4) is 0 Å². The summed E-state index contributed by atoms with van der Waals surface area (Å²) in [5, 5.41) is 3.20. The molecule has 88 valence electrons. The van der Waals surface area contributed by atoms with E-state index >= 15 is 0 Å². The number of hydrogen-bond acceptors (Lipinski definition) is 1. The largest absolute Gasteiger partial charge is 0.416 e. The molecule has 0 unspecified atom stereocenters. The van der Waals surface area contributed by atoms with Crippen LogP contribution in [0.2, 0.25) is 0 Å². The van der Waals surface area contributed by atoms with Crippen molar-refractivity contribution in [1.29, 1.82) is 0 Å². The Balaban J connectivity index is 2.29. The van der Waals surface area contributed by atoms with Crippen LogP contribution in [0.25, 0.3) is 0 Å². The Kier molecular flexibility index (Phi) is 2.93. The van der Waals surface area contributed by atoms with Gasteiger partial charge in [-0.05, 0) is 24.1 Å². The molecule has 1 N–H and O–H groups in total. The quantitative estimate of drug-likeness (QED) is 0.780. The lowest BCUT2D eigenvalue weighted by Crippen LogP contribution is -2.10. The van der Waals surface area contributed by atoms with E-state index in [1.807, 2.05) is 0 Å². The first-order chi connectivity index (χ1) is 7.48. The van der Waals surface area contributed by atoms with Crippen LogP contribution in [0.5, 0.6) is 0 Å². The van der Waals surface area contributed by atoms with Gasteiger partial charge in [0, 0.05) is 12.5 Å². The van der Waals surface area contributed by atoms with Gasteiger partial charge in [-0.2, -0.15) is 13.2 Å². The molecule has 16 heavy (non-hydrogen) atoms. The third kappa shape index (κ3) is 2.21. The van der Waals surface area contributed by atoms with Crippen molar-refractivity contribution in [3.05, 3.63) is 35.4 Å². The number of hydrogen-bond donors (Lipinski definition) is 1. The van der Waals surface area contributed by atoms with Crippen molar-refractivity contribution in [3.63, 3.8) is 0 Å². The lowest BCUT2D eigenvalue weighted by molar-refractivity contribution is -0.137. The summed E-state index contributed by atoms with van der Waals surface area (Å²) >= 11 is 0. The van der Waals surface area contributed by atoms with E-state index in [4.69, 9.17) is 0 Å². The van der Waals surface area contributed by atoms with Crippen molar-refractivity contribution in [2.75, 3.05) is 13.1 Å². The molecule has 0 saturated carbocycles. The van der Waals surface area contributed by atoms with E-state index in [9.17, 15) is 13.2 Å². The van der Waals surface area contributed by atoms with Gasteiger partial charge in [0.1, 0.15) is 0 Å². The second kappa shape index (κ2) is 4.09. The summed E-state index contributed by atoms with van der Waals surface area (Å²) in [5.74, 6) is 0.589. The Bertz CT molecular complexity index is 373. The first kappa shape index (κ1) is 11.5. The normalized spacial score (nSPS) is 26.0. The van der Waals surface area contributed by atoms with Gasteiger partial charge in [-0.15, -0.1) is 0 Å². The maximum Gasteiger partial charge on any atom is 0.416 e. The Morgan fingerprint density at radius 2 is 2.00 bits per heavy atom. The summed E-state index contributed by atoms with van der Waals surface area (Å²) in [6.45, 7) is 3.70. The molecule has 0 amide bonds. The highest BCUT2D eigenvalue weighted by Gasteiger charge is 2.32. The van der Waals surface area contributed by atoms with E-state index < -0.39 is 11.7 Å². The van der Waals surface area contributed by atoms with E-state index in [-0.39, 0.29) is 5.92 Å². The van der Waals surface area contributed by atoms with E-state index in [1.54, 1.807) is 6.07 Å². The summed E-state index contributed by atoms with van der Waals surface area (Å²) < 4.78 is 37.6. The minimum Gasteiger partial charge on any atom is -0.316 e. The molecule has 1 saturated heterocycles. The molecule has 0 spiro atoms. The van der Waals surface area contributed by atoms with Gasteiger partial charge in [0.15, 0.2) is 0 Å². The van der Waals surface area contributed by atoms with Gasteiger partial charge < -0.3 is 5.32 Å². The second-order valence-electron chi connectivity index (χ2n) is 4.37. The van der Waals surface area contributed by atoms with Gasteiger partial charge >= 0.3 is 6.18 Å².